The number of halogens is 5. The summed E-state index contributed by atoms with van der Waals surface area (Å²) in [6.45, 7) is 10.2. The van der Waals surface area contributed by atoms with Gasteiger partial charge in [-0.2, -0.15) is 15.0 Å². The van der Waals surface area contributed by atoms with Gasteiger partial charge in [0.05, 0.1) is 27.6 Å². The summed E-state index contributed by atoms with van der Waals surface area (Å²) in [7, 11) is 0. The first-order valence-corrected chi connectivity index (χ1v) is 28.0. The zero-order valence-electron chi connectivity index (χ0n) is 44.8. The molecule has 0 radical (unpaired) electrons. The molecule has 6 aliphatic rings. The summed E-state index contributed by atoms with van der Waals surface area (Å²) in [5.74, 6) is -4.17. The van der Waals surface area contributed by atoms with Gasteiger partial charge >= 0.3 is 18.0 Å². The molecule has 6 heterocycles. The molecule has 0 saturated carbocycles. The van der Waals surface area contributed by atoms with Crippen LogP contribution in [0.2, 0.25) is 0 Å². The summed E-state index contributed by atoms with van der Waals surface area (Å²) in [4.78, 5) is 85.4. The van der Waals surface area contributed by atoms with Gasteiger partial charge in [-0.3, -0.25) is 39.0 Å². The second-order valence-corrected chi connectivity index (χ2v) is 22.0. The van der Waals surface area contributed by atoms with Crippen LogP contribution in [0.4, 0.5) is 18.0 Å². The number of carbonyl (C=O) groups is 6. The zero-order chi connectivity index (χ0) is 57.3. The maximum Gasteiger partial charge on any atom is 0.407 e. The van der Waals surface area contributed by atoms with Gasteiger partial charge in [0.25, 0.3) is 17.7 Å². The first-order chi connectivity index (χ1) is 38.3. The first-order valence-electron chi connectivity index (χ1n) is 25.6. The molecule has 3 aromatic rings. The number of nitrogens with two attached hydrogens (primary N) is 1. The van der Waals surface area contributed by atoms with E-state index in [1.54, 1.807) is 26.8 Å². The van der Waals surface area contributed by atoms with E-state index in [0.29, 0.717) is 46.9 Å². The van der Waals surface area contributed by atoms with E-state index < -0.39 is 47.0 Å². The molecule has 82 heavy (non-hydrogen) atoms. The topological polar surface area (TPSA) is 271 Å². The van der Waals surface area contributed by atoms with Crippen LogP contribution in [0.5, 0.6) is 17.2 Å². The van der Waals surface area contributed by atoms with Crippen molar-refractivity contribution in [2.24, 2.45) is 20.7 Å². The Kier molecular flexibility index (Phi) is 25.8. The fraction of sp³-hybridized carbons (Fsp3) is 0.377. The normalized spacial score (nSPS) is 18.5. The van der Waals surface area contributed by atoms with Crippen LogP contribution in [0.25, 0.3) is 18.2 Å². The lowest BCUT2D eigenvalue weighted by molar-refractivity contribution is -0.135. The van der Waals surface area contributed by atoms with Gasteiger partial charge in [0.15, 0.2) is 15.5 Å². The number of phenols is 1. The Bertz CT molecular complexity index is 3040. The molecule has 4 amide bonds. The Balaban J connectivity index is 0.000000228. The molecule has 7 N–H and O–H groups in total. The molecule has 0 aliphatic carbocycles. The summed E-state index contributed by atoms with van der Waals surface area (Å²) in [6.07, 6.45) is 10.2. The van der Waals surface area contributed by atoms with Crippen LogP contribution in [-0.2, 0) is 28.7 Å². The number of hydrogen-bond acceptors (Lipinski definition) is 20. The van der Waals surface area contributed by atoms with Crippen LogP contribution in [0, 0.1) is 17.5 Å². The molecule has 3 fully saturated rings. The van der Waals surface area contributed by atoms with Gasteiger partial charge in [0, 0.05) is 87.2 Å². The van der Waals surface area contributed by atoms with Gasteiger partial charge in [-0.05, 0) is 149 Å². The van der Waals surface area contributed by atoms with Crippen LogP contribution < -0.4 is 36.8 Å². The molecule has 3 saturated heterocycles. The third-order valence-corrected chi connectivity index (χ3v) is 14.5. The number of ether oxygens (including phenoxy) is 3. The number of amides is 4. The molecule has 21 nitrogen and oxygen atoms in total. The highest BCUT2D eigenvalue weighted by Crippen LogP contribution is 2.36. The van der Waals surface area contributed by atoms with Crippen molar-refractivity contribution in [1.82, 2.24) is 36.6 Å². The largest absolute Gasteiger partial charge is 0.507 e. The van der Waals surface area contributed by atoms with Gasteiger partial charge in [0.1, 0.15) is 40.3 Å². The van der Waals surface area contributed by atoms with E-state index in [0.717, 1.165) is 96.0 Å². The molecule has 9 rings (SSSR count). The Hall–Kier alpha value is -6.43. The van der Waals surface area contributed by atoms with Crippen molar-refractivity contribution in [3.8, 4) is 17.2 Å². The van der Waals surface area contributed by atoms with E-state index in [4.69, 9.17) is 19.9 Å². The quantitative estimate of drug-likeness (QED) is 0.0641. The monoisotopic (exact) mass is 1240 g/mol. The Morgan fingerprint density at radius 2 is 1.00 bits per heavy atom. The van der Waals surface area contributed by atoms with Crippen LogP contribution in [0.3, 0.4) is 0 Å². The molecular weight excluding hydrogens is 1170 g/mol. The number of nitrogens with one attached hydrogen (secondary N) is 4. The SMILES string of the molecule is CC(C)(C)OC(=O)NCCC(=O)Oc1cc(F)ccc1/C=C1/SC(N2CCCCN2)=NC1=O.Cl.Cl.NCCC(=O)Oc1cc(F)ccc1/C=C1/SC(N2CCCCN2)=NC1=O.O=C1N=C(N2CCCCN2)S/C1=C\c1ccc(F)cc1O. The van der Waals surface area contributed by atoms with Gasteiger partial charge < -0.3 is 30.4 Å². The minimum Gasteiger partial charge on any atom is -0.507 e. The third-order valence-electron chi connectivity index (χ3n) is 11.5. The number of alkyl carbamates (subject to hydrolysis) is 1. The Morgan fingerprint density at radius 3 is 1.37 bits per heavy atom. The number of esters is 2. The lowest BCUT2D eigenvalue weighted by Gasteiger charge is -2.28. The Labute approximate surface area is 496 Å². The third kappa shape index (κ3) is 20.2. The second-order valence-electron chi connectivity index (χ2n) is 19.0. The van der Waals surface area contributed by atoms with Crippen molar-refractivity contribution < 1.29 is 61.3 Å². The number of aliphatic imine (C=N–C) groups is 3. The molecule has 0 aromatic heterocycles. The van der Waals surface area contributed by atoms with Crippen molar-refractivity contribution in [3.05, 3.63) is 103 Å². The minimum atomic E-state index is -0.670. The number of benzene rings is 3. The van der Waals surface area contributed by atoms with Crippen LogP contribution in [0.15, 0.2) is 84.3 Å². The van der Waals surface area contributed by atoms with Crippen LogP contribution >= 0.6 is 60.1 Å². The molecule has 0 bridgehead atoms. The standard InChI is InChI=1S/C22H27FN4O5S.C17H19FN4O3S.C14H14FN3O2S.2ClH/c1-22(2,3)32-21(30)24-10-8-18(28)31-16-13-15(23)7-6-14(16)12-17-19(29)26-20(33-17)27-11-5-4-9-25-27;18-12-4-3-11(13(10-12)25-15(23)5-6-19)9-14-16(24)21-17(26-14)22-8-2-1-7-20-22;15-10-4-3-9(11(19)8-10)7-12-13(20)17-14(21-12)18-6-2-1-5-16-18;;/h6-7,12-13,25H,4-5,8-11H2,1-3H3,(H,24,30);3-4,9-10,20H,1-2,5-8,19H2;3-4,7-8,16,19H,1-2,5-6H2;2*1H/b17-12+;14-9+;12-7-;;. The van der Waals surface area contributed by atoms with Crippen LogP contribution in [0.1, 0.15) is 88.8 Å². The number of amidine groups is 3. The molecule has 29 heteroatoms. The highest BCUT2D eigenvalue weighted by molar-refractivity contribution is 8.19. The van der Waals surface area contributed by atoms with E-state index in [1.807, 2.05) is 15.0 Å². The molecule has 3 aromatic carbocycles. The fourth-order valence-electron chi connectivity index (χ4n) is 7.63. The van der Waals surface area contributed by atoms with Crippen LogP contribution in [-0.4, -0.2) is 129 Å². The second kappa shape index (κ2) is 31.9. The lowest BCUT2D eigenvalue weighted by Crippen LogP contribution is -2.45. The number of aromatic hydroxyl groups is 1. The number of thioether (sulfide) groups is 3. The van der Waals surface area contributed by atoms with Gasteiger partial charge in [-0.25, -0.2) is 34.2 Å². The molecule has 0 atom stereocenters. The number of phenolic OH excluding ortho intramolecular Hbond substituents is 1. The lowest BCUT2D eigenvalue weighted by atomic mass is 10.1. The predicted octanol–water partition coefficient (Wildman–Crippen LogP) is 7.81. The highest BCUT2D eigenvalue weighted by atomic mass is 35.5. The summed E-state index contributed by atoms with van der Waals surface area (Å²) >= 11 is 3.69. The maximum atomic E-state index is 13.8. The summed E-state index contributed by atoms with van der Waals surface area (Å²) in [6, 6.07) is 11.2. The zero-order valence-corrected chi connectivity index (χ0v) is 48.9. The number of nitrogens with zero attached hydrogens (tertiary/aromatic N) is 6. The van der Waals surface area contributed by atoms with E-state index in [9.17, 15) is 47.0 Å². The molecular formula is C53H62Cl2F3N11O10S3. The minimum absolute atomic E-state index is 0. The molecule has 0 spiro atoms. The maximum absolute atomic E-state index is 13.8. The smallest absolute Gasteiger partial charge is 0.407 e. The van der Waals surface area contributed by atoms with E-state index in [-0.39, 0.29) is 79.8 Å². The number of rotatable bonds is 10. The summed E-state index contributed by atoms with van der Waals surface area (Å²) in [5, 5.41) is 19.5. The van der Waals surface area contributed by atoms with Gasteiger partial charge in [-0.1, -0.05) is 0 Å². The fourth-order valence-corrected chi connectivity index (χ4v) is 10.4. The predicted molar refractivity (Wildman–Crippen MR) is 315 cm³/mol. The molecule has 0 unspecified atom stereocenters. The van der Waals surface area contributed by atoms with Crippen molar-refractivity contribution in [2.75, 3.05) is 52.4 Å². The van der Waals surface area contributed by atoms with E-state index in [1.165, 1.54) is 83.8 Å². The summed E-state index contributed by atoms with van der Waals surface area (Å²) < 4.78 is 55.9. The number of carbonyl (C=O) groups excluding carboxylic acids is 6. The number of hydrazine groups is 3. The van der Waals surface area contributed by atoms with Crippen molar-refractivity contribution in [1.29, 1.82) is 0 Å². The van der Waals surface area contributed by atoms with Crippen molar-refractivity contribution >= 4 is 130 Å². The van der Waals surface area contributed by atoms with Gasteiger partial charge in [0.2, 0.25) is 0 Å². The molecule has 6 aliphatic heterocycles. The highest BCUT2D eigenvalue weighted by Gasteiger charge is 2.31. The molecule has 442 valence electrons. The van der Waals surface area contributed by atoms with Crippen molar-refractivity contribution in [3.63, 3.8) is 0 Å². The summed E-state index contributed by atoms with van der Waals surface area (Å²) in [5.41, 5.74) is 15.4. The number of hydrogen-bond donors (Lipinski definition) is 6. The average Bonchev–Trinajstić information content (AvgIpc) is 4.33. The van der Waals surface area contributed by atoms with Gasteiger partial charge in [-0.15, -0.1) is 24.8 Å². The first kappa shape index (κ1) is 66.4. The van der Waals surface area contributed by atoms with Crippen molar-refractivity contribution in [2.45, 2.75) is 77.7 Å². The van der Waals surface area contributed by atoms with E-state index >= 15 is 0 Å². The average molecular weight is 1240 g/mol. The Morgan fingerprint density at radius 1 is 0.622 bits per heavy atom. The van der Waals surface area contributed by atoms with E-state index in [2.05, 4.69) is 36.6 Å².